The number of aliphatic hydroxyl groups excluding tert-OH is 12. The molecule has 10 rings (SSSR count). The maximum absolute atomic E-state index is 11.8. The molecule has 0 aromatic heterocycles. The summed E-state index contributed by atoms with van der Waals surface area (Å²) in [6.45, 7) is 7.84. The lowest BCUT2D eigenvalue weighted by atomic mass is 9.44. The van der Waals surface area contributed by atoms with E-state index in [1.807, 2.05) is 0 Å². The van der Waals surface area contributed by atoms with Crippen LogP contribution in [0.2, 0.25) is 0 Å². The van der Waals surface area contributed by atoms with Crippen LogP contribution in [0.15, 0.2) is 0 Å². The minimum atomic E-state index is -1.99. The molecule has 13 N–H and O–H groups in total. The van der Waals surface area contributed by atoms with Gasteiger partial charge in [-0.15, -0.1) is 0 Å². The topological polar surface area (TPSA) is 338 Å². The van der Waals surface area contributed by atoms with Crippen molar-refractivity contribution in [2.75, 3.05) is 33.0 Å². The summed E-state index contributed by atoms with van der Waals surface area (Å²) in [7, 11) is 0. The van der Waals surface area contributed by atoms with Gasteiger partial charge in [-0.25, -0.2) is 0 Å². The molecule has 10 fully saturated rings. The van der Waals surface area contributed by atoms with Crippen LogP contribution >= 0.6 is 0 Å². The highest BCUT2D eigenvalue weighted by atomic mass is 16.8. The molecule has 22 heteroatoms. The van der Waals surface area contributed by atoms with Gasteiger partial charge < -0.3 is 104 Å². The highest BCUT2D eigenvalue weighted by Gasteiger charge is 2.69. The predicted octanol–water partition coefficient (Wildman–Crippen LogP) is -2.70. The monoisotopic (exact) mass is 1030 g/mol. The maximum Gasteiger partial charge on any atom is 0.187 e. The summed E-state index contributed by atoms with van der Waals surface area (Å²) in [5.41, 5.74) is 0.147. The Morgan fingerprint density at radius 3 is 1.88 bits per heavy atom. The third-order valence-electron chi connectivity index (χ3n) is 20.2. The maximum atomic E-state index is 11.8. The number of hydrogen-bond donors (Lipinski definition) is 13. The van der Waals surface area contributed by atoms with Crippen molar-refractivity contribution in [1.29, 1.82) is 0 Å². The molecule has 31 atom stereocenters. The Morgan fingerprint density at radius 1 is 0.542 bits per heavy atom. The number of nitrogens with one attached hydrogen (secondary N) is 1. The van der Waals surface area contributed by atoms with Gasteiger partial charge in [0.25, 0.3) is 0 Å². The molecule has 0 radical (unpaired) electrons. The van der Waals surface area contributed by atoms with Gasteiger partial charge in [-0.2, -0.15) is 0 Å². The zero-order valence-electron chi connectivity index (χ0n) is 41.8. The average molecular weight is 1030 g/mol. The normalized spacial score (nSPS) is 57.8. The Hall–Kier alpha value is -0.880. The molecule has 6 aliphatic heterocycles. The van der Waals surface area contributed by atoms with Gasteiger partial charge in [-0.3, -0.25) is 5.32 Å². The van der Waals surface area contributed by atoms with E-state index in [-0.39, 0.29) is 28.8 Å². The molecule has 0 aromatic carbocycles. The Labute approximate surface area is 420 Å². The summed E-state index contributed by atoms with van der Waals surface area (Å²) in [5.74, 6) is 3.87. The largest absolute Gasteiger partial charge is 0.394 e. The summed E-state index contributed by atoms with van der Waals surface area (Å²) in [6.07, 6.45) is -22.4. The molecule has 10 aliphatic rings. The Bertz CT molecular complexity index is 1830. The fourth-order valence-corrected chi connectivity index (χ4v) is 16.1. The van der Waals surface area contributed by atoms with Gasteiger partial charge in [0, 0.05) is 12.5 Å². The average Bonchev–Trinajstić information content (AvgIpc) is 3.82. The summed E-state index contributed by atoms with van der Waals surface area (Å²) in [5, 5.41) is 133. The van der Waals surface area contributed by atoms with Crippen LogP contribution in [0, 0.1) is 52.3 Å². The summed E-state index contributed by atoms with van der Waals surface area (Å²) >= 11 is 0. The van der Waals surface area contributed by atoms with Gasteiger partial charge in [-0.05, 0) is 111 Å². The van der Waals surface area contributed by atoms with Crippen LogP contribution in [-0.4, -0.2) is 229 Å². The van der Waals surface area contributed by atoms with Crippen LogP contribution < -0.4 is 5.32 Å². The molecule has 4 aliphatic carbocycles. The van der Waals surface area contributed by atoms with Crippen molar-refractivity contribution in [3.63, 3.8) is 0 Å². The van der Waals surface area contributed by atoms with Crippen LogP contribution in [0.3, 0.4) is 0 Å². The number of aliphatic hydroxyl groups is 12. The Morgan fingerprint density at radius 2 is 1.17 bits per heavy atom. The molecule has 4 saturated carbocycles. The van der Waals surface area contributed by atoms with Crippen LogP contribution in [0.5, 0.6) is 0 Å². The molecule has 414 valence electrons. The van der Waals surface area contributed by atoms with E-state index in [0.29, 0.717) is 47.8 Å². The lowest BCUT2D eigenvalue weighted by Crippen LogP contribution is -2.68. The second kappa shape index (κ2) is 21.1. The second-order valence-corrected chi connectivity index (χ2v) is 24.0. The highest BCUT2D eigenvalue weighted by Crippen LogP contribution is 2.71. The third kappa shape index (κ3) is 9.26. The first-order valence-electron chi connectivity index (χ1n) is 26.8. The fraction of sp³-hybridized carbons (Fsp3) is 1.00. The van der Waals surface area contributed by atoms with Crippen molar-refractivity contribution in [1.82, 2.24) is 5.32 Å². The van der Waals surface area contributed by atoms with Gasteiger partial charge in [-0.1, -0.05) is 27.7 Å². The first-order valence-corrected chi connectivity index (χ1v) is 26.8. The first kappa shape index (κ1) is 54.5. The summed E-state index contributed by atoms with van der Waals surface area (Å²) in [6, 6.07) is 0. The number of hydrogen-bond acceptors (Lipinski definition) is 22. The zero-order chi connectivity index (χ0) is 51.3. The van der Waals surface area contributed by atoms with Crippen molar-refractivity contribution < 1.29 is 104 Å². The molecule has 1 spiro atoms. The second-order valence-electron chi connectivity index (χ2n) is 24.0. The molecular weight excluding hydrogens is 951 g/mol. The van der Waals surface area contributed by atoms with Crippen LogP contribution in [0.1, 0.15) is 91.9 Å². The van der Waals surface area contributed by atoms with Crippen molar-refractivity contribution in [3.05, 3.63) is 0 Å². The molecule has 72 heavy (non-hydrogen) atoms. The van der Waals surface area contributed by atoms with E-state index in [9.17, 15) is 61.3 Å². The number of fused-ring (bicyclic) bond motifs is 7. The van der Waals surface area contributed by atoms with Crippen molar-refractivity contribution in [3.8, 4) is 0 Å². The van der Waals surface area contributed by atoms with Gasteiger partial charge in [0.15, 0.2) is 25.2 Å². The molecule has 22 nitrogen and oxygen atoms in total. The van der Waals surface area contributed by atoms with Gasteiger partial charge >= 0.3 is 0 Å². The summed E-state index contributed by atoms with van der Waals surface area (Å²) in [4.78, 5) is 0. The lowest BCUT2D eigenvalue weighted by Gasteiger charge is -2.61. The predicted molar refractivity (Wildman–Crippen MR) is 244 cm³/mol. The standard InChI is InChI=1S/C50H83NO21/c1-20-7-12-50(51-15-20)21(2)32-28(72-50)14-26-24-6-5-22-13-23(8-10-48(22,3)25(24)9-11-49(26,32)4)65-45-40(63)37(60)41(31(18-54)68-45)69-47-43(71-46-39(62)36(59)34(57)29(16-52)66-46)42(35(58)30(17-53)67-47)70-44-38(61)33(56)27(55)19-64-44/h20-47,51-63H,5-19H2,1-4H3/t20?,21-,22-,23-,24+,25-,26-,27+,28-,29?,30?,31?,32?,33+,34+,35+,36+,37-,38?,39?,40?,41-,42+,43?,44-,45+,46-,47-,48-,49-,50-/m0/s1. The van der Waals surface area contributed by atoms with Gasteiger partial charge in [0.05, 0.1) is 38.6 Å². The molecule has 0 aromatic rings. The Balaban J connectivity index is 0.812. The molecule has 0 bridgehead atoms. The SMILES string of the molecule is CC1CC[C@]2(NC1)O[C@H]1C[C@H]3[C@@H]4CC[C@H]5C[C@@H](O[C@@H]6OC(CO)[C@H](O[C@@H]7OC(CO)[C@@H](O)[C@@H](O[C@@H]8OC[C@@H](O)[C@@H](O)C8O)C7O[C@@H]7OC(CO)[C@@H](O)[C@@H](O)C7O)[C@@H](O)C6O)CC[C@]5(C)[C@H]4CC[C@]3(C)C1[C@@H]2C. The van der Waals surface area contributed by atoms with Crippen LogP contribution in [0.4, 0.5) is 0 Å². The van der Waals surface area contributed by atoms with Crippen molar-refractivity contribution >= 4 is 0 Å². The van der Waals surface area contributed by atoms with E-state index < -0.39 is 143 Å². The molecule has 6 saturated heterocycles. The number of rotatable bonds is 11. The van der Waals surface area contributed by atoms with Gasteiger partial charge in [0.2, 0.25) is 0 Å². The quantitative estimate of drug-likeness (QED) is 0.0937. The van der Waals surface area contributed by atoms with E-state index >= 15 is 0 Å². The Kier molecular flexibility index (Phi) is 15.9. The van der Waals surface area contributed by atoms with E-state index in [4.69, 9.17) is 42.6 Å². The molecule has 0 amide bonds. The first-order chi connectivity index (χ1) is 34.3. The summed E-state index contributed by atoms with van der Waals surface area (Å²) < 4.78 is 55.0. The van der Waals surface area contributed by atoms with E-state index in [1.165, 1.54) is 19.3 Å². The minimum Gasteiger partial charge on any atom is -0.394 e. The number of piperidine rings is 1. The molecule has 6 heterocycles. The minimum absolute atomic E-state index is 0.104. The van der Waals surface area contributed by atoms with E-state index in [2.05, 4.69) is 33.0 Å². The molecular formula is C50H83NO21. The third-order valence-corrected chi connectivity index (χ3v) is 20.2. The smallest absolute Gasteiger partial charge is 0.187 e. The van der Waals surface area contributed by atoms with E-state index in [0.717, 1.165) is 45.1 Å². The van der Waals surface area contributed by atoms with Crippen molar-refractivity contribution in [2.24, 2.45) is 52.3 Å². The van der Waals surface area contributed by atoms with Gasteiger partial charge in [0.1, 0.15) is 97.3 Å². The zero-order valence-corrected chi connectivity index (χ0v) is 41.8. The highest BCUT2D eigenvalue weighted by molar-refractivity contribution is 5.16. The fourth-order valence-electron chi connectivity index (χ4n) is 16.1. The molecule has 9 unspecified atom stereocenters. The van der Waals surface area contributed by atoms with Crippen LogP contribution in [0.25, 0.3) is 0 Å². The van der Waals surface area contributed by atoms with E-state index in [1.54, 1.807) is 0 Å². The van der Waals surface area contributed by atoms with Crippen molar-refractivity contribution in [2.45, 2.75) is 227 Å². The number of ether oxygens (including phenoxy) is 9. The van der Waals surface area contributed by atoms with Crippen LogP contribution in [-0.2, 0) is 42.6 Å². The lowest BCUT2D eigenvalue weighted by molar-refractivity contribution is -0.404.